The van der Waals surface area contributed by atoms with Gasteiger partial charge in [0.05, 0.1) is 58.7 Å². The van der Waals surface area contributed by atoms with E-state index in [2.05, 4.69) is 73.3 Å². The Morgan fingerprint density at radius 3 is 1.66 bits per heavy atom. The van der Waals surface area contributed by atoms with Gasteiger partial charge in [-0.2, -0.15) is 0 Å². The van der Waals surface area contributed by atoms with Gasteiger partial charge >= 0.3 is 5.97 Å². The molecule has 758 valence electrons. The second kappa shape index (κ2) is 46.2. The Morgan fingerprint density at radius 2 is 1.11 bits per heavy atom. The average Bonchev–Trinajstić information content (AvgIpc) is 1.48. The third-order valence-corrected chi connectivity index (χ3v) is 27.9. The summed E-state index contributed by atoms with van der Waals surface area (Å²) in [6, 6.07) is -4.59. The molecule has 1 aromatic heterocycles. The molecule has 10 rings (SSSR count). The van der Waals surface area contributed by atoms with Crippen molar-refractivity contribution in [2.45, 2.75) is 251 Å². The highest BCUT2D eigenvalue weighted by Crippen LogP contribution is 2.68. The van der Waals surface area contributed by atoms with Crippen LogP contribution in [0.5, 0.6) is 11.5 Å². The standard InChI is InChI=1S/C94H137N19O25/c1-11-90(135)40-52-41-93(89(134)138-10,73-55(27-32-112(42-52)47-90)54-18-13-14-19-58(54)100-73)57-37-56-69(39-70(57)137-9)111(8)86-92(56)29-33-113-31-17-28-91(12-2,85(92)113)87(132)94(86,136)88(133)110-62(35-49(5)6)78(125)105-64(38-72(97)120)80(127)101-59(20-15-16-30-95)76(123)99-50(7)75(122)106-65(43-114)82(129)104-63(36-51-21-23-53(118)24-22-51)79(126)102-60(25-26-71(96)119)77(124)107-67(45-116)83(130)109-68(46-117)84(131)108-66(44-115)81(128)103-61(74(98)121)34-48(3)4/h13-14,17-19,21-24,28,37,39,48-50,52,59-68,85-87,100,114-118,132,135-136H,11-12,15-16,20,25-27,29-36,38,40-47,95H2,1-10H3,(H2,96,119)(H2,97,120)(H2,98,121)(H,99,123)(H,101,127)(H,102,126)(H,103,128)(H,104,129)(H,105,125)(H,106,122)(H,107,124)(H,108,131)(H,109,130)(H,110,133)/t50-,52+,59-,60-,61-,62-,63-,64-,65-,66-,67-,68-,85-,86+,87+,90-,91+,92?,93-,94-/m0/s1. The smallest absolute Gasteiger partial charge is 0.322 e. The molecule has 2 bridgehead atoms. The summed E-state index contributed by atoms with van der Waals surface area (Å²) < 4.78 is 12.5. The average molecular weight is 1930 g/mol. The van der Waals surface area contributed by atoms with Gasteiger partial charge in [-0.15, -0.1) is 0 Å². The van der Waals surface area contributed by atoms with Gasteiger partial charge in [-0.1, -0.05) is 84.0 Å². The number of phenolic OH excluding ortho intramolecular Hbond substituents is 1. The van der Waals surface area contributed by atoms with Crippen LogP contribution < -0.4 is 91.1 Å². The van der Waals surface area contributed by atoms with Crippen molar-refractivity contribution in [1.82, 2.24) is 73.3 Å². The van der Waals surface area contributed by atoms with Crippen LogP contribution in [-0.4, -0.2) is 327 Å². The van der Waals surface area contributed by atoms with Crippen molar-refractivity contribution in [2.24, 2.45) is 46.1 Å². The fourth-order valence-corrected chi connectivity index (χ4v) is 21.2. The second-order valence-electron chi connectivity index (χ2n) is 38.2. The van der Waals surface area contributed by atoms with Gasteiger partial charge in [-0.25, -0.2) is 0 Å². The number of rotatable bonds is 47. The second-order valence-corrected chi connectivity index (χ2v) is 38.2. The summed E-state index contributed by atoms with van der Waals surface area (Å²) >= 11 is 0. The molecule has 1 saturated carbocycles. The Labute approximate surface area is 798 Å². The number of para-hydroxylation sites is 1. The maximum atomic E-state index is 16.3. The number of phenols is 1. The zero-order chi connectivity index (χ0) is 102. The Kier molecular flexibility index (Phi) is 36.1. The fraction of sp³-hybridized carbons (Fsp3) is 0.606. The predicted molar refractivity (Wildman–Crippen MR) is 499 cm³/mol. The van der Waals surface area contributed by atoms with E-state index in [1.54, 1.807) is 45.7 Å². The number of nitrogens with zero attached hydrogens (tertiary/aromatic N) is 3. The number of carbonyl (C=O) groups is 15. The molecule has 0 radical (unpaired) electrons. The van der Waals surface area contributed by atoms with E-state index in [4.69, 9.17) is 32.4 Å². The lowest BCUT2D eigenvalue weighted by Gasteiger charge is -2.63. The number of methoxy groups -OCH3 is 2. The van der Waals surface area contributed by atoms with E-state index in [1.165, 1.54) is 38.5 Å². The number of unbranched alkanes of at least 4 members (excludes halogenated alkanes) is 1. The summed E-state index contributed by atoms with van der Waals surface area (Å²) in [6.07, 6.45) is 1.30. The number of likely N-dealkylation sites (N-methyl/N-ethyl adjacent to an activating group) is 1. The molecule has 3 aromatic carbocycles. The third kappa shape index (κ3) is 23.3. The summed E-state index contributed by atoms with van der Waals surface area (Å²) in [5.74, 6) is -17.5. The highest BCUT2D eigenvalue weighted by Gasteiger charge is 2.79. The van der Waals surface area contributed by atoms with Gasteiger partial charge in [0.1, 0.15) is 89.5 Å². The number of aliphatic hydroxyl groups excluding tert-OH is 5. The number of aromatic amines is 1. The van der Waals surface area contributed by atoms with Crippen molar-refractivity contribution in [1.29, 1.82) is 0 Å². The highest BCUT2D eigenvalue weighted by molar-refractivity contribution is 6.02. The Hall–Kier alpha value is -12.0. The fourth-order valence-electron chi connectivity index (χ4n) is 21.2. The van der Waals surface area contributed by atoms with E-state index in [1.807, 2.05) is 56.3 Å². The molecule has 1 spiro atoms. The van der Waals surface area contributed by atoms with Crippen LogP contribution in [0.1, 0.15) is 160 Å². The molecule has 2 unspecified atom stereocenters. The first-order chi connectivity index (χ1) is 65.4. The first-order valence-corrected chi connectivity index (χ1v) is 46.9. The van der Waals surface area contributed by atoms with Crippen LogP contribution in [0.25, 0.3) is 10.9 Å². The summed E-state index contributed by atoms with van der Waals surface area (Å²) in [5, 5.41) is 118. The number of piperidine rings is 1. The summed E-state index contributed by atoms with van der Waals surface area (Å²) in [6.45, 7) is 9.79. The lowest BCUT2D eigenvalue weighted by Crippen LogP contribution is -2.82. The van der Waals surface area contributed by atoms with Crippen LogP contribution in [0, 0.1) is 23.2 Å². The molecule has 4 aromatic rings. The Morgan fingerprint density at radius 1 is 0.580 bits per heavy atom. The quantitative estimate of drug-likeness (QED) is 0.0111. The van der Waals surface area contributed by atoms with Crippen LogP contribution in [0.2, 0.25) is 0 Å². The van der Waals surface area contributed by atoms with Crippen LogP contribution in [-0.2, 0) is 100 Å². The molecule has 2 saturated heterocycles. The minimum Gasteiger partial charge on any atom is -0.508 e. The van der Waals surface area contributed by atoms with E-state index in [9.17, 15) is 98.4 Å². The predicted octanol–water partition coefficient (Wildman–Crippen LogP) is -5.64. The molecule has 6 aliphatic rings. The number of nitrogens with two attached hydrogens (primary N) is 4. The number of nitrogens with one attached hydrogen (secondary N) is 12. The molecular weight excluding hydrogens is 1800 g/mol. The number of ether oxygens (including phenoxy) is 2. The van der Waals surface area contributed by atoms with Crippen molar-refractivity contribution >= 4 is 105 Å². The maximum Gasteiger partial charge on any atom is 0.322 e. The number of amides is 14. The van der Waals surface area contributed by atoms with Gasteiger partial charge < -0.3 is 142 Å². The number of H-pyrrole nitrogens is 1. The van der Waals surface area contributed by atoms with Gasteiger partial charge in [-0.3, -0.25) is 81.7 Å². The number of aromatic nitrogens is 1. The number of hydrogen-bond acceptors (Lipinski definition) is 29. The zero-order valence-corrected chi connectivity index (χ0v) is 79.6. The first kappa shape index (κ1) is 108. The van der Waals surface area contributed by atoms with Crippen LogP contribution in [0.4, 0.5) is 5.69 Å². The monoisotopic (exact) mass is 1930 g/mol. The van der Waals surface area contributed by atoms with E-state index >= 15 is 14.4 Å². The molecule has 21 atom stereocenters. The van der Waals surface area contributed by atoms with E-state index in [-0.39, 0.29) is 80.4 Å². The van der Waals surface area contributed by atoms with Crippen LogP contribution >= 0.6 is 0 Å². The molecule has 6 heterocycles. The van der Waals surface area contributed by atoms with Crippen LogP contribution in [0.3, 0.4) is 0 Å². The summed E-state index contributed by atoms with van der Waals surface area (Å²) in [7, 11) is 4.54. The number of esters is 1. The molecular formula is C94H137N19O25. The molecule has 138 heavy (non-hydrogen) atoms. The molecule has 5 aliphatic heterocycles. The number of benzene rings is 3. The minimum absolute atomic E-state index is 0.0849. The van der Waals surface area contributed by atoms with Crippen molar-refractivity contribution in [2.75, 3.05) is 91.9 Å². The minimum atomic E-state index is -2.84. The number of carbonyl (C=O) groups excluding carboxylic acids is 15. The molecule has 44 heteroatoms. The molecule has 1 aliphatic carbocycles. The first-order valence-electron chi connectivity index (χ1n) is 46.9. The largest absolute Gasteiger partial charge is 0.508 e. The number of aliphatic hydroxyl groups is 7. The van der Waals surface area contributed by atoms with Gasteiger partial charge in [0, 0.05) is 96.9 Å². The number of primary amides is 3. The van der Waals surface area contributed by atoms with E-state index in [0.29, 0.717) is 80.9 Å². The van der Waals surface area contributed by atoms with E-state index in [0.717, 1.165) is 23.4 Å². The Bertz CT molecular complexity index is 5170. The molecule has 3 fully saturated rings. The van der Waals surface area contributed by atoms with Crippen molar-refractivity contribution < 1.29 is 122 Å². The van der Waals surface area contributed by atoms with Crippen molar-refractivity contribution in [3.8, 4) is 11.5 Å². The van der Waals surface area contributed by atoms with Crippen molar-refractivity contribution in [3.05, 3.63) is 101 Å². The summed E-state index contributed by atoms with van der Waals surface area (Å²) in [5.41, 5.74) is 18.3. The van der Waals surface area contributed by atoms with Crippen molar-refractivity contribution in [3.63, 3.8) is 0 Å². The van der Waals surface area contributed by atoms with E-state index < -0.39 is 259 Å². The van der Waals surface area contributed by atoms with Crippen LogP contribution in [0.15, 0.2) is 72.8 Å². The molecule has 28 N–H and O–H groups in total. The number of aromatic hydroxyl groups is 1. The normalized spacial score (nSPS) is 24.7. The third-order valence-electron chi connectivity index (χ3n) is 27.9. The highest BCUT2D eigenvalue weighted by atomic mass is 16.5. The number of anilines is 1. The topological polar surface area (TPSA) is 698 Å². The number of hydrogen-bond donors (Lipinski definition) is 24. The molecule has 44 nitrogen and oxygen atoms in total. The lowest BCUT2D eigenvalue weighted by atomic mass is 9.47. The van der Waals surface area contributed by atoms with Gasteiger partial charge in [0.25, 0.3) is 5.91 Å². The van der Waals surface area contributed by atoms with Gasteiger partial charge in [0.15, 0.2) is 5.60 Å². The summed E-state index contributed by atoms with van der Waals surface area (Å²) in [4.78, 5) is 221. The number of fused-ring (bicyclic) bond motifs is 6. The molecule has 14 amide bonds. The Balaban J connectivity index is 0.860. The zero-order valence-electron chi connectivity index (χ0n) is 79.6. The maximum absolute atomic E-state index is 16.3. The van der Waals surface area contributed by atoms with Gasteiger partial charge in [-0.05, 0) is 156 Å². The SMILES string of the molecule is CC[C@]1(O)C[C@H]2CN(CCc3c([nH]c4ccccc34)[C@@](C(=O)OC)(c3cc4c(cc3OC)N(C)[C@@H]3C45CCN4CC=C[C@](CC)([C@H]45)[C@@H](O)[C@]3(O)C(=O)N[C@@H](CC(C)C)C(=O)N[C@@H](CC(N)=O)C(=O)N[C@@H](CCCCN)C(=O)N[C@@H](C)C(=O)N[C@@H](CO)C(=O)N[C@@H](Cc3ccc(O)cc3)C(=O)N[C@@H](CCC(N)=O)C(=O)N[C@@H](CO)C(=O)N[C@@H](CO)C(=O)N[C@@H](CO)C(=O)N[C@@H](CC(C)C)C(N)=O)C2)C1. The lowest BCUT2D eigenvalue weighted by molar-refractivity contribution is -0.204. The van der Waals surface area contributed by atoms with Gasteiger partial charge in [0.2, 0.25) is 76.8 Å².